The third kappa shape index (κ3) is 3.48. The van der Waals surface area contributed by atoms with Gasteiger partial charge in [-0.15, -0.1) is 0 Å². The van der Waals surface area contributed by atoms with Crippen LogP contribution in [0.2, 0.25) is 0 Å². The molecule has 1 nitrogen and oxygen atoms in total. The van der Waals surface area contributed by atoms with Crippen LogP contribution < -0.4 is 0 Å². The Labute approximate surface area is 116 Å². The third-order valence-electron chi connectivity index (χ3n) is 3.03. The van der Waals surface area contributed by atoms with E-state index in [-0.39, 0.29) is 12.8 Å². The summed E-state index contributed by atoms with van der Waals surface area (Å²) in [5, 5.41) is 0. The van der Waals surface area contributed by atoms with Gasteiger partial charge in [-0.1, -0.05) is 37.9 Å². The van der Waals surface area contributed by atoms with E-state index in [1.807, 2.05) is 18.2 Å². The number of piperidine rings is 1. The number of likely N-dealkylation sites (tertiary alicyclic amines) is 1. The van der Waals surface area contributed by atoms with Crippen molar-refractivity contribution < 1.29 is 8.78 Å². The Bertz CT molecular complexity index is 379. The SMILES string of the molecule is FC1(F)CCN(Cc2c(Br)cccc2Br)CC1. The van der Waals surface area contributed by atoms with E-state index in [0.717, 1.165) is 14.5 Å². The minimum Gasteiger partial charge on any atom is -0.299 e. The molecule has 1 aromatic carbocycles. The summed E-state index contributed by atoms with van der Waals surface area (Å²) < 4.78 is 28.1. The zero-order valence-corrected chi connectivity index (χ0v) is 12.4. The molecule has 1 aliphatic rings. The van der Waals surface area contributed by atoms with Crippen LogP contribution >= 0.6 is 31.9 Å². The number of nitrogens with zero attached hydrogens (tertiary/aromatic N) is 1. The van der Waals surface area contributed by atoms with Crippen LogP contribution in [-0.4, -0.2) is 23.9 Å². The molecule has 1 saturated heterocycles. The fraction of sp³-hybridized carbons (Fsp3) is 0.500. The molecule has 94 valence electrons. The predicted molar refractivity (Wildman–Crippen MR) is 71.3 cm³/mol. The summed E-state index contributed by atoms with van der Waals surface area (Å²) in [7, 11) is 0. The van der Waals surface area contributed by atoms with E-state index < -0.39 is 5.92 Å². The lowest BCUT2D eigenvalue weighted by Gasteiger charge is -2.32. The van der Waals surface area contributed by atoms with Crippen molar-refractivity contribution in [2.75, 3.05) is 13.1 Å². The second kappa shape index (κ2) is 5.33. The van der Waals surface area contributed by atoms with E-state index in [2.05, 4.69) is 36.8 Å². The molecule has 1 fully saturated rings. The summed E-state index contributed by atoms with van der Waals surface area (Å²) in [6.07, 6.45) is -0.0653. The van der Waals surface area contributed by atoms with E-state index in [1.165, 1.54) is 0 Å². The molecular weight excluding hydrogens is 356 g/mol. The molecule has 0 saturated carbocycles. The molecule has 0 atom stereocenters. The smallest absolute Gasteiger partial charge is 0.250 e. The largest absolute Gasteiger partial charge is 0.299 e. The first kappa shape index (κ1) is 13.4. The Morgan fingerprint density at radius 2 is 1.65 bits per heavy atom. The van der Waals surface area contributed by atoms with Gasteiger partial charge in [0.25, 0.3) is 5.92 Å². The first-order chi connectivity index (χ1) is 7.98. The monoisotopic (exact) mass is 367 g/mol. The maximum absolute atomic E-state index is 13.0. The van der Waals surface area contributed by atoms with Gasteiger partial charge in [-0.25, -0.2) is 8.78 Å². The van der Waals surface area contributed by atoms with Crippen LogP contribution in [-0.2, 0) is 6.54 Å². The standard InChI is InChI=1S/C12H13Br2F2N/c13-10-2-1-3-11(14)9(10)8-17-6-4-12(15,16)5-7-17/h1-3H,4-8H2. The molecule has 0 radical (unpaired) electrons. The molecular formula is C12H13Br2F2N. The zero-order chi connectivity index (χ0) is 12.5. The summed E-state index contributed by atoms with van der Waals surface area (Å²) in [5.74, 6) is -2.47. The predicted octanol–water partition coefficient (Wildman–Crippen LogP) is 4.44. The van der Waals surface area contributed by atoms with Crippen LogP contribution in [0.15, 0.2) is 27.1 Å². The van der Waals surface area contributed by atoms with Gasteiger partial charge in [0.2, 0.25) is 0 Å². The third-order valence-corrected chi connectivity index (χ3v) is 4.52. The van der Waals surface area contributed by atoms with E-state index in [4.69, 9.17) is 0 Å². The molecule has 17 heavy (non-hydrogen) atoms. The fourth-order valence-electron chi connectivity index (χ4n) is 1.95. The van der Waals surface area contributed by atoms with E-state index >= 15 is 0 Å². The van der Waals surface area contributed by atoms with Crippen molar-refractivity contribution >= 4 is 31.9 Å². The topological polar surface area (TPSA) is 3.24 Å². The first-order valence-corrected chi connectivity index (χ1v) is 7.10. The van der Waals surface area contributed by atoms with Gasteiger partial charge in [-0.05, 0) is 17.7 Å². The minimum absolute atomic E-state index is 0.0327. The number of hydrogen-bond acceptors (Lipinski definition) is 1. The summed E-state index contributed by atoms with van der Waals surface area (Å²) in [4.78, 5) is 2.07. The Kier molecular flexibility index (Phi) is 4.21. The molecule has 5 heteroatoms. The Morgan fingerprint density at radius 3 is 2.18 bits per heavy atom. The number of hydrogen-bond donors (Lipinski definition) is 0. The molecule has 0 amide bonds. The number of rotatable bonds is 2. The highest BCUT2D eigenvalue weighted by molar-refractivity contribution is 9.11. The van der Waals surface area contributed by atoms with Crippen LogP contribution in [0.3, 0.4) is 0 Å². The number of halogens is 4. The molecule has 1 aliphatic heterocycles. The van der Waals surface area contributed by atoms with E-state index in [0.29, 0.717) is 19.6 Å². The molecule has 0 unspecified atom stereocenters. The van der Waals surface area contributed by atoms with Gasteiger partial charge >= 0.3 is 0 Å². The van der Waals surface area contributed by atoms with Crippen LogP contribution in [0.5, 0.6) is 0 Å². The second-order valence-electron chi connectivity index (χ2n) is 4.33. The van der Waals surface area contributed by atoms with Crippen LogP contribution in [0.4, 0.5) is 8.78 Å². The molecule has 2 rings (SSSR count). The number of alkyl halides is 2. The summed E-state index contributed by atoms with van der Waals surface area (Å²) >= 11 is 6.98. The first-order valence-electron chi connectivity index (χ1n) is 5.51. The van der Waals surface area contributed by atoms with E-state index in [1.54, 1.807) is 0 Å². The highest BCUT2D eigenvalue weighted by Crippen LogP contribution is 2.31. The maximum Gasteiger partial charge on any atom is 0.250 e. The highest BCUT2D eigenvalue weighted by Gasteiger charge is 2.34. The van der Waals surface area contributed by atoms with Gasteiger partial charge in [-0.3, -0.25) is 4.90 Å². The Hall–Kier alpha value is -0.000000000000000111. The van der Waals surface area contributed by atoms with Crippen LogP contribution in [0, 0.1) is 0 Å². The quantitative estimate of drug-likeness (QED) is 0.745. The lowest BCUT2D eigenvalue weighted by atomic mass is 10.1. The average molecular weight is 369 g/mol. The zero-order valence-electron chi connectivity index (χ0n) is 9.23. The second-order valence-corrected chi connectivity index (χ2v) is 6.04. The molecule has 0 aliphatic carbocycles. The summed E-state index contributed by atoms with van der Waals surface area (Å²) in [6, 6.07) is 5.89. The van der Waals surface area contributed by atoms with Gasteiger partial charge in [0.15, 0.2) is 0 Å². The van der Waals surface area contributed by atoms with Crippen LogP contribution in [0.25, 0.3) is 0 Å². The van der Waals surface area contributed by atoms with Gasteiger partial charge < -0.3 is 0 Å². The lowest BCUT2D eigenvalue weighted by Crippen LogP contribution is -2.38. The van der Waals surface area contributed by atoms with Crippen molar-refractivity contribution in [3.05, 3.63) is 32.7 Å². The normalized spacial score (nSPS) is 20.5. The molecule has 0 N–H and O–H groups in total. The molecule has 1 aromatic rings. The molecule has 0 bridgehead atoms. The Morgan fingerprint density at radius 1 is 1.12 bits per heavy atom. The molecule has 0 aromatic heterocycles. The van der Waals surface area contributed by atoms with Gasteiger partial charge in [-0.2, -0.15) is 0 Å². The van der Waals surface area contributed by atoms with Gasteiger partial charge in [0.1, 0.15) is 0 Å². The lowest BCUT2D eigenvalue weighted by molar-refractivity contribution is -0.0567. The summed E-state index contributed by atoms with van der Waals surface area (Å²) in [6.45, 7) is 1.62. The maximum atomic E-state index is 13.0. The number of benzene rings is 1. The highest BCUT2D eigenvalue weighted by atomic mass is 79.9. The van der Waals surface area contributed by atoms with Crippen molar-refractivity contribution in [2.24, 2.45) is 0 Å². The van der Waals surface area contributed by atoms with Gasteiger partial charge in [0, 0.05) is 41.4 Å². The van der Waals surface area contributed by atoms with Crippen molar-refractivity contribution in [1.29, 1.82) is 0 Å². The molecule has 1 heterocycles. The van der Waals surface area contributed by atoms with Gasteiger partial charge in [0.05, 0.1) is 0 Å². The molecule has 0 spiro atoms. The average Bonchev–Trinajstić information content (AvgIpc) is 2.26. The van der Waals surface area contributed by atoms with Crippen molar-refractivity contribution in [1.82, 2.24) is 4.90 Å². The van der Waals surface area contributed by atoms with Crippen molar-refractivity contribution in [2.45, 2.75) is 25.3 Å². The van der Waals surface area contributed by atoms with E-state index in [9.17, 15) is 8.78 Å². The minimum atomic E-state index is -2.47. The van der Waals surface area contributed by atoms with Crippen LogP contribution in [0.1, 0.15) is 18.4 Å². The van der Waals surface area contributed by atoms with Crippen molar-refractivity contribution in [3.63, 3.8) is 0 Å². The van der Waals surface area contributed by atoms with Crippen molar-refractivity contribution in [3.8, 4) is 0 Å². The Balaban J connectivity index is 2.03. The fourth-order valence-corrected chi connectivity index (χ4v) is 3.19. The summed E-state index contributed by atoms with van der Waals surface area (Å²) in [5.41, 5.74) is 1.12.